The molecule has 0 bridgehead atoms. The van der Waals surface area contributed by atoms with E-state index in [-0.39, 0.29) is 0 Å². The number of aromatic nitrogens is 2. The number of nitrogens with zero attached hydrogens (tertiary/aromatic N) is 2. The van der Waals surface area contributed by atoms with Gasteiger partial charge in [-0.25, -0.2) is 0 Å². The van der Waals surface area contributed by atoms with Gasteiger partial charge in [0.2, 0.25) is 0 Å². The smallest absolute Gasteiger partial charge is 0.0521 e. The lowest BCUT2D eigenvalue weighted by atomic mass is 9.95. The minimum atomic E-state index is 0.605. The Hall–Kier alpha value is -1.77. The summed E-state index contributed by atoms with van der Waals surface area (Å²) in [6.45, 7) is 2.25. The number of aryl methyl sites for hydroxylation is 4. The molecule has 0 spiro atoms. The Morgan fingerprint density at radius 2 is 2.16 bits per heavy atom. The van der Waals surface area contributed by atoms with Crippen LogP contribution in [0.15, 0.2) is 30.6 Å². The topological polar surface area (TPSA) is 29.9 Å². The minimum absolute atomic E-state index is 0.605. The van der Waals surface area contributed by atoms with Gasteiger partial charge in [-0.15, -0.1) is 0 Å². The third-order valence-electron chi connectivity index (χ3n) is 3.88. The van der Waals surface area contributed by atoms with Crippen molar-refractivity contribution in [3.63, 3.8) is 0 Å². The molecule has 1 aliphatic rings. The first-order valence-electron chi connectivity index (χ1n) is 7.06. The van der Waals surface area contributed by atoms with E-state index in [0.717, 1.165) is 12.8 Å². The average molecular weight is 255 g/mol. The number of hydrogen-bond acceptors (Lipinski definition) is 2. The van der Waals surface area contributed by atoms with E-state index in [9.17, 15) is 0 Å². The van der Waals surface area contributed by atoms with Gasteiger partial charge in [-0.3, -0.25) is 4.68 Å². The standard InChI is InChI=1S/C16H21N3/c1-12-3-7-15-9-13(6-8-16(15)18-12)4-5-14-10-17-19(2)11-14/h6,8-12,18H,3-5,7H2,1-2H3. The quantitative estimate of drug-likeness (QED) is 0.914. The summed E-state index contributed by atoms with van der Waals surface area (Å²) in [5.41, 5.74) is 5.54. The van der Waals surface area contributed by atoms with Crippen LogP contribution in [0.2, 0.25) is 0 Å². The van der Waals surface area contributed by atoms with E-state index in [4.69, 9.17) is 0 Å². The highest BCUT2D eigenvalue weighted by Gasteiger charge is 2.13. The fraction of sp³-hybridized carbons (Fsp3) is 0.438. The van der Waals surface area contributed by atoms with Crippen LogP contribution < -0.4 is 5.32 Å². The van der Waals surface area contributed by atoms with Gasteiger partial charge in [0.25, 0.3) is 0 Å². The predicted octanol–water partition coefficient (Wildman–Crippen LogP) is 2.95. The molecule has 1 aromatic heterocycles. The molecule has 3 nitrogen and oxygen atoms in total. The Morgan fingerprint density at radius 3 is 2.95 bits per heavy atom. The fourth-order valence-corrected chi connectivity index (χ4v) is 2.75. The second kappa shape index (κ2) is 5.08. The summed E-state index contributed by atoms with van der Waals surface area (Å²) in [7, 11) is 1.97. The van der Waals surface area contributed by atoms with Crippen LogP contribution in [0.25, 0.3) is 0 Å². The maximum atomic E-state index is 4.21. The molecule has 100 valence electrons. The van der Waals surface area contributed by atoms with E-state index in [1.54, 1.807) is 0 Å². The van der Waals surface area contributed by atoms with Crippen molar-refractivity contribution in [2.24, 2.45) is 7.05 Å². The minimum Gasteiger partial charge on any atom is -0.382 e. The Bertz CT molecular complexity index is 571. The van der Waals surface area contributed by atoms with Crippen LogP contribution in [0.3, 0.4) is 0 Å². The summed E-state index contributed by atoms with van der Waals surface area (Å²) < 4.78 is 1.87. The monoisotopic (exact) mass is 255 g/mol. The molecular formula is C16H21N3. The Kier molecular flexibility index (Phi) is 3.28. The van der Waals surface area contributed by atoms with Gasteiger partial charge in [0.15, 0.2) is 0 Å². The second-order valence-corrected chi connectivity index (χ2v) is 5.60. The van der Waals surface area contributed by atoms with Crippen LogP contribution in [0.5, 0.6) is 0 Å². The molecule has 0 saturated carbocycles. The predicted molar refractivity (Wildman–Crippen MR) is 78.5 cm³/mol. The molecule has 2 aromatic rings. The number of fused-ring (bicyclic) bond motifs is 1. The maximum Gasteiger partial charge on any atom is 0.0521 e. The van der Waals surface area contributed by atoms with Crippen molar-refractivity contribution in [1.29, 1.82) is 0 Å². The number of hydrogen-bond donors (Lipinski definition) is 1. The maximum absolute atomic E-state index is 4.21. The zero-order chi connectivity index (χ0) is 13.2. The van der Waals surface area contributed by atoms with Crippen LogP contribution in [0.4, 0.5) is 5.69 Å². The number of anilines is 1. The highest BCUT2D eigenvalue weighted by molar-refractivity contribution is 5.55. The first kappa shape index (κ1) is 12.3. The van der Waals surface area contributed by atoms with E-state index in [2.05, 4.69) is 41.7 Å². The van der Waals surface area contributed by atoms with Crippen molar-refractivity contribution in [2.75, 3.05) is 5.32 Å². The van der Waals surface area contributed by atoms with Crippen LogP contribution in [-0.2, 0) is 26.3 Å². The molecule has 0 radical (unpaired) electrons. The molecule has 1 atom stereocenters. The molecule has 1 unspecified atom stereocenters. The Morgan fingerprint density at radius 1 is 1.32 bits per heavy atom. The summed E-state index contributed by atoms with van der Waals surface area (Å²) in [5, 5.41) is 7.76. The molecular weight excluding hydrogens is 234 g/mol. The summed E-state index contributed by atoms with van der Waals surface area (Å²) in [4.78, 5) is 0. The van der Waals surface area contributed by atoms with Gasteiger partial charge in [-0.2, -0.15) is 5.10 Å². The lowest BCUT2D eigenvalue weighted by Gasteiger charge is -2.24. The molecule has 0 aliphatic carbocycles. The Labute approximate surface area is 114 Å². The van der Waals surface area contributed by atoms with Gasteiger partial charge in [0.1, 0.15) is 0 Å². The van der Waals surface area contributed by atoms with Crippen molar-refractivity contribution in [3.05, 3.63) is 47.3 Å². The second-order valence-electron chi connectivity index (χ2n) is 5.60. The van der Waals surface area contributed by atoms with E-state index in [1.807, 2.05) is 17.9 Å². The molecule has 1 aromatic carbocycles. The molecule has 19 heavy (non-hydrogen) atoms. The zero-order valence-corrected chi connectivity index (χ0v) is 11.7. The largest absolute Gasteiger partial charge is 0.382 e. The fourth-order valence-electron chi connectivity index (χ4n) is 2.75. The van der Waals surface area contributed by atoms with Crippen LogP contribution in [-0.4, -0.2) is 15.8 Å². The first-order chi connectivity index (χ1) is 9.20. The molecule has 0 fully saturated rings. The molecule has 1 aliphatic heterocycles. The SMILES string of the molecule is CC1CCc2cc(CCc3cnn(C)c3)ccc2N1. The molecule has 3 heteroatoms. The van der Waals surface area contributed by atoms with E-state index in [1.165, 1.54) is 35.2 Å². The normalized spacial score (nSPS) is 17.9. The van der Waals surface area contributed by atoms with Gasteiger partial charge in [-0.1, -0.05) is 12.1 Å². The van der Waals surface area contributed by atoms with Gasteiger partial charge in [-0.05, 0) is 55.4 Å². The summed E-state index contributed by atoms with van der Waals surface area (Å²) in [6, 6.07) is 7.46. The molecule has 0 amide bonds. The van der Waals surface area contributed by atoms with Gasteiger partial charge < -0.3 is 5.32 Å². The number of benzene rings is 1. The summed E-state index contributed by atoms with van der Waals surface area (Å²) in [6.07, 6.45) is 8.65. The highest BCUT2D eigenvalue weighted by Crippen LogP contribution is 2.26. The van der Waals surface area contributed by atoms with E-state index in [0.29, 0.717) is 6.04 Å². The van der Waals surface area contributed by atoms with Crippen molar-refractivity contribution >= 4 is 5.69 Å². The van der Waals surface area contributed by atoms with Crippen LogP contribution >= 0.6 is 0 Å². The Balaban J connectivity index is 1.69. The third-order valence-corrected chi connectivity index (χ3v) is 3.88. The summed E-state index contributed by atoms with van der Waals surface area (Å²) >= 11 is 0. The van der Waals surface area contributed by atoms with Crippen molar-refractivity contribution < 1.29 is 0 Å². The number of nitrogens with one attached hydrogen (secondary N) is 1. The van der Waals surface area contributed by atoms with Crippen molar-refractivity contribution in [2.45, 2.75) is 38.6 Å². The summed E-state index contributed by atoms with van der Waals surface area (Å²) in [5.74, 6) is 0. The lowest BCUT2D eigenvalue weighted by Crippen LogP contribution is -2.21. The average Bonchev–Trinajstić information content (AvgIpc) is 2.82. The van der Waals surface area contributed by atoms with Gasteiger partial charge in [0, 0.05) is 25.0 Å². The molecule has 1 N–H and O–H groups in total. The van der Waals surface area contributed by atoms with E-state index >= 15 is 0 Å². The first-order valence-corrected chi connectivity index (χ1v) is 7.06. The van der Waals surface area contributed by atoms with Crippen LogP contribution in [0, 0.1) is 0 Å². The molecule has 0 saturated heterocycles. The number of rotatable bonds is 3. The van der Waals surface area contributed by atoms with Gasteiger partial charge in [0.05, 0.1) is 6.20 Å². The van der Waals surface area contributed by atoms with E-state index < -0.39 is 0 Å². The lowest BCUT2D eigenvalue weighted by molar-refractivity contribution is 0.680. The molecule has 3 rings (SSSR count). The third kappa shape index (κ3) is 2.80. The van der Waals surface area contributed by atoms with Crippen molar-refractivity contribution in [3.8, 4) is 0 Å². The highest BCUT2D eigenvalue weighted by atomic mass is 15.2. The molecule has 2 heterocycles. The van der Waals surface area contributed by atoms with Crippen LogP contribution in [0.1, 0.15) is 30.0 Å². The van der Waals surface area contributed by atoms with Gasteiger partial charge >= 0.3 is 0 Å². The van der Waals surface area contributed by atoms with Crippen molar-refractivity contribution in [1.82, 2.24) is 9.78 Å². The zero-order valence-electron chi connectivity index (χ0n) is 11.7.